The number of esters is 3. The summed E-state index contributed by atoms with van der Waals surface area (Å²) >= 11 is -5.45. The summed E-state index contributed by atoms with van der Waals surface area (Å²) in [6.45, 7) is 2.16. The molecule has 12 nitrogen and oxygen atoms in total. The molecule has 0 aromatic carbocycles. The van der Waals surface area contributed by atoms with Gasteiger partial charge in [0.05, 0.1) is 0 Å². The van der Waals surface area contributed by atoms with Crippen molar-refractivity contribution in [1.29, 1.82) is 0 Å². The van der Waals surface area contributed by atoms with Crippen LogP contribution in [0.5, 0.6) is 0 Å². The Labute approximate surface area is 240 Å². The molecule has 0 atom stereocenters. The van der Waals surface area contributed by atoms with Crippen LogP contribution in [0.25, 0.3) is 0 Å². The van der Waals surface area contributed by atoms with Crippen molar-refractivity contribution < 1.29 is 52.2 Å². The molecule has 0 heterocycles. The van der Waals surface area contributed by atoms with Gasteiger partial charge in [-0.15, -0.1) is 0 Å². The first-order chi connectivity index (χ1) is 19.1. The molecule has 224 valence electrons. The minimum absolute atomic E-state index is 0.0708. The first-order valence-electron chi connectivity index (χ1n) is 13.1. The summed E-state index contributed by atoms with van der Waals surface area (Å²) in [7, 11) is 3.33. The number of rotatable bonds is 20. The van der Waals surface area contributed by atoms with Gasteiger partial charge < -0.3 is 0 Å². The summed E-state index contributed by atoms with van der Waals surface area (Å²) < 4.78 is 29.5. The van der Waals surface area contributed by atoms with Crippen molar-refractivity contribution >= 4 is 55.4 Å². The van der Waals surface area contributed by atoms with E-state index in [1.807, 2.05) is 0 Å². The average Bonchev–Trinajstić information content (AvgIpc) is 2.94. The fraction of sp³-hybridized carbons (Fsp3) is 0.556. The molecule has 0 aliphatic heterocycles. The second kappa shape index (κ2) is 22.6. The summed E-state index contributed by atoms with van der Waals surface area (Å²) in [6, 6.07) is 0. The van der Waals surface area contributed by atoms with Crippen LogP contribution in [-0.2, 0) is 52.2 Å². The van der Waals surface area contributed by atoms with Crippen molar-refractivity contribution in [3.8, 4) is 0 Å². The van der Waals surface area contributed by atoms with Crippen LogP contribution in [0.4, 0.5) is 0 Å². The van der Waals surface area contributed by atoms with Crippen molar-refractivity contribution in [2.75, 3.05) is 21.3 Å². The average molecular weight is 675 g/mol. The van der Waals surface area contributed by atoms with Gasteiger partial charge in [0.2, 0.25) is 0 Å². The van der Waals surface area contributed by atoms with E-state index in [1.165, 1.54) is 25.7 Å². The van der Waals surface area contributed by atoms with Gasteiger partial charge >= 0.3 is 241 Å². The van der Waals surface area contributed by atoms with Crippen LogP contribution in [0.3, 0.4) is 0 Å². The van der Waals surface area contributed by atoms with Crippen LogP contribution >= 0.6 is 0 Å². The van der Waals surface area contributed by atoms with Crippen LogP contribution < -0.4 is 0 Å². The molecule has 0 rings (SSSR count). The first-order valence-corrected chi connectivity index (χ1v) is 18.6. The van der Waals surface area contributed by atoms with E-state index in [0.29, 0.717) is 12.8 Å². The Balaban J connectivity index is 5.72. The second-order valence-corrected chi connectivity index (χ2v) is 15.5. The third-order valence-corrected chi connectivity index (χ3v) is 12.4. The summed E-state index contributed by atoms with van der Waals surface area (Å²) in [4.78, 5) is 71.7. The Kier molecular flexibility index (Phi) is 20.8. The van der Waals surface area contributed by atoms with Gasteiger partial charge in [0.25, 0.3) is 0 Å². The standard InChI is InChI=1S/C12H25.3C5H6O4.Sn/c1-3-5-7-9-11-12-10-8-6-4-2;3*1-9-5(8)3-2-4(6)7;/h1,3-12H2,2H3;3*2-3H,1H3,(H,6,7);/q;;;;+3/p-3. The zero-order valence-corrected chi connectivity index (χ0v) is 26.5. The summed E-state index contributed by atoms with van der Waals surface area (Å²) in [5, 5.41) is 0. The third-order valence-electron chi connectivity index (χ3n) is 5.27. The maximum absolute atomic E-state index is 12.5. The molecule has 0 spiro atoms. The fourth-order valence-corrected chi connectivity index (χ4v) is 9.61. The zero-order chi connectivity index (χ0) is 30.2. The monoisotopic (exact) mass is 676 g/mol. The van der Waals surface area contributed by atoms with Gasteiger partial charge in [-0.3, -0.25) is 0 Å². The predicted molar refractivity (Wildman–Crippen MR) is 144 cm³/mol. The fourth-order valence-electron chi connectivity index (χ4n) is 3.22. The summed E-state index contributed by atoms with van der Waals surface area (Å²) in [6.07, 6.45) is 14.5. The number of methoxy groups -OCH3 is 3. The van der Waals surface area contributed by atoms with E-state index in [1.54, 1.807) is 0 Å². The molecule has 0 bridgehead atoms. The molecule has 0 aliphatic carbocycles. The van der Waals surface area contributed by atoms with Crippen LogP contribution in [-0.4, -0.2) is 76.8 Å². The molecule has 0 saturated carbocycles. The number of carbonyl (C=O) groups excluding carboxylic acids is 6. The third kappa shape index (κ3) is 19.0. The van der Waals surface area contributed by atoms with E-state index < -0.39 is 55.4 Å². The van der Waals surface area contributed by atoms with Gasteiger partial charge in [0.15, 0.2) is 0 Å². The van der Waals surface area contributed by atoms with Crippen LogP contribution in [0.1, 0.15) is 71.1 Å². The van der Waals surface area contributed by atoms with Gasteiger partial charge in [-0.1, -0.05) is 0 Å². The van der Waals surface area contributed by atoms with Crippen LogP contribution in [0, 0.1) is 0 Å². The molecule has 13 heteroatoms. The number of unbranched alkanes of at least 4 members (excludes halogenated alkanes) is 9. The van der Waals surface area contributed by atoms with E-state index in [2.05, 4.69) is 21.1 Å². The Morgan fingerprint density at radius 2 is 0.725 bits per heavy atom. The SMILES string of the molecule is CCCCCCCCCCC[CH2][Sn]([O]C(=O)C=CC(=O)OC)([O]C(=O)C=CC(=O)OC)[O]C(=O)C=CC(=O)OC. The van der Waals surface area contributed by atoms with E-state index >= 15 is 0 Å². The summed E-state index contributed by atoms with van der Waals surface area (Å²) in [5.41, 5.74) is 0. The van der Waals surface area contributed by atoms with Gasteiger partial charge in [-0.2, -0.15) is 0 Å². The molecular formula is C27H40O12Sn. The van der Waals surface area contributed by atoms with Crippen molar-refractivity contribution in [3.63, 3.8) is 0 Å². The molecule has 40 heavy (non-hydrogen) atoms. The molecular weight excluding hydrogens is 635 g/mol. The summed E-state index contributed by atoms with van der Waals surface area (Å²) in [5.74, 6) is -5.86. The molecule has 0 unspecified atom stereocenters. The van der Waals surface area contributed by atoms with E-state index in [-0.39, 0.29) is 4.44 Å². The van der Waals surface area contributed by atoms with Crippen LogP contribution in [0.15, 0.2) is 36.5 Å². The van der Waals surface area contributed by atoms with Crippen molar-refractivity contribution in [2.45, 2.75) is 75.6 Å². The second-order valence-electron chi connectivity index (χ2n) is 8.45. The van der Waals surface area contributed by atoms with Crippen molar-refractivity contribution in [3.05, 3.63) is 36.5 Å². The number of hydrogen-bond donors (Lipinski definition) is 0. The minimum atomic E-state index is -5.45. The molecule has 0 fully saturated rings. The van der Waals surface area contributed by atoms with Crippen LogP contribution in [0.2, 0.25) is 4.44 Å². The molecule has 0 aromatic rings. The maximum atomic E-state index is 12.5. The Bertz CT molecular complexity index is 825. The van der Waals surface area contributed by atoms with Crippen molar-refractivity contribution in [1.82, 2.24) is 0 Å². The van der Waals surface area contributed by atoms with Gasteiger partial charge in [-0.25, -0.2) is 0 Å². The number of hydrogen-bond acceptors (Lipinski definition) is 12. The number of carbonyl (C=O) groups is 6. The first kappa shape index (κ1) is 36.8. The van der Waals surface area contributed by atoms with Gasteiger partial charge in [0.1, 0.15) is 0 Å². The number of ether oxygens (including phenoxy) is 3. The van der Waals surface area contributed by atoms with E-state index in [4.69, 9.17) is 9.22 Å². The van der Waals surface area contributed by atoms with E-state index in [9.17, 15) is 28.8 Å². The molecule has 0 aromatic heterocycles. The Hall–Kier alpha value is -3.16. The zero-order valence-electron chi connectivity index (χ0n) is 23.6. The Morgan fingerprint density at radius 1 is 0.450 bits per heavy atom. The molecule has 0 saturated heterocycles. The van der Waals surface area contributed by atoms with Crippen molar-refractivity contribution in [2.24, 2.45) is 0 Å². The Morgan fingerprint density at radius 3 is 1.02 bits per heavy atom. The van der Waals surface area contributed by atoms with Gasteiger partial charge in [-0.05, 0) is 0 Å². The van der Waals surface area contributed by atoms with E-state index in [0.717, 1.165) is 83.5 Å². The quantitative estimate of drug-likeness (QED) is 0.0608. The normalized spacial score (nSPS) is 12.6. The van der Waals surface area contributed by atoms with Gasteiger partial charge in [0, 0.05) is 0 Å². The molecule has 0 amide bonds. The predicted octanol–water partition coefficient (Wildman–Crippen LogP) is 3.66. The molecule has 0 aliphatic rings. The molecule has 0 N–H and O–H groups in total. The molecule has 0 radical (unpaired) electrons. The topological polar surface area (TPSA) is 158 Å².